The number of rotatable bonds is 2. The number of carbonyl (C=O) groups is 1. The van der Waals surface area contributed by atoms with Gasteiger partial charge in [-0.25, -0.2) is 4.68 Å². The molecule has 2 heterocycles. The van der Waals surface area contributed by atoms with Gasteiger partial charge in [0.1, 0.15) is 5.82 Å². The van der Waals surface area contributed by atoms with Gasteiger partial charge in [0.15, 0.2) is 0 Å². The third kappa shape index (κ3) is 5.65. The van der Waals surface area contributed by atoms with Gasteiger partial charge in [-0.15, -0.1) is 0 Å². The van der Waals surface area contributed by atoms with Crippen LogP contribution < -0.4 is 16.0 Å². The predicted molar refractivity (Wildman–Crippen MR) is 83.1 cm³/mol. The maximum atomic E-state index is 11.0. The lowest BCUT2D eigenvalue weighted by Crippen LogP contribution is -2.33. The van der Waals surface area contributed by atoms with E-state index in [0.717, 1.165) is 38.2 Å². The summed E-state index contributed by atoms with van der Waals surface area (Å²) in [7, 11) is 0.926. The Morgan fingerprint density at radius 3 is 2.26 bits per heavy atom. The topological polar surface area (TPSA) is 76.2 Å². The van der Waals surface area contributed by atoms with E-state index < -0.39 is 12.1 Å². The lowest BCUT2D eigenvalue weighted by Gasteiger charge is -2.23. The molecule has 1 aliphatic rings. The highest BCUT2D eigenvalue weighted by molar-refractivity contribution is 5.81. The minimum atomic E-state index is -4.74. The third-order valence-corrected chi connectivity index (χ3v) is 3.53. The first kappa shape index (κ1) is 19.1. The Morgan fingerprint density at radius 1 is 1.30 bits per heavy atom. The number of alkyl halides is 3. The molecule has 1 saturated heterocycles. The molecule has 0 aliphatic carbocycles. The molecule has 1 aromatic heterocycles. The van der Waals surface area contributed by atoms with E-state index in [-0.39, 0.29) is 0 Å². The van der Waals surface area contributed by atoms with Gasteiger partial charge in [-0.05, 0) is 19.8 Å². The molecule has 23 heavy (non-hydrogen) atoms. The summed E-state index contributed by atoms with van der Waals surface area (Å²) in [5.74, 6) is -0.795. The zero-order chi connectivity index (χ0) is 17.5. The Labute approximate surface area is 133 Å². The molecule has 1 aromatic rings. The van der Waals surface area contributed by atoms with E-state index in [1.807, 2.05) is 4.68 Å². The molecule has 0 radical (unpaired) electrons. The number of amides is 1. The molecule has 0 spiro atoms. The van der Waals surface area contributed by atoms with Crippen LogP contribution in [0.4, 0.5) is 24.7 Å². The van der Waals surface area contributed by atoms with E-state index in [9.17, 15) is 18.0 Å². The highest BCUT2D eigenvalue weighted by Gasteiger charge is 2.37. The monoisotopic (exact) mass is 335 g/mol. The van der Waals surface area contributed by atoms with Crippen LogP contribution in [0.1, 0.15) is 32.6 Å². The number of hydrogen-bond donors (Lipinski definition) is 2. The van der Waals surface area contributed by atoms with Crippen molar-refractivity contribution in [1.82, 2.24) is 15.1 Å². The maximum Gasteiger partial charge on any atom is 0.471 e. The number of carbonyl (C=O) groups excluding carboxylic acids is 1. The highest BCUT2D eigenvalue weighted by atomic mass is 19.4. The second-order valence-corrected chi connectivity index (χ2v) is 5.22. The van der Waals surface area contributed by atoms with Gasteiger partial charge in [-0.2, -0.15) is 18.3 Å². The molecule has 132 valence electrons. The largest absolute Gasteiger partial charge is 0.471 e. The van der Waals surface area contributed by atoms with Crippen molar-refractivity contribution >= 4 is 17.4 Å². The van der Waals surface area contributed by atoms with E-state index in [2.05, 4.69) is 16.9 Å². The molecule has 6 nitrogen and oxygen atoms in total. The molecule has 3 N–H and O–H groups in total. The van der Waals surface area contributed by atoms with E-state index >= 15 is 0 Å². The fraction of sp³-hybridized carbons (Fsp3) is 0.714. The number of nitrogen functional groups attached to an aromatic ring is 1. The Kier molecular flexibility index (Phi) is 7.18. The molecule has 9 heteroatoms. The van der Waals surface area contributed by atoms with Gasteiger partial charge in [0.25, 0.3) is 0 Å². The first-order chi connectivity index (χ1) is 10.8. The standard InChI is InChI=1S/C11H20N4.C3H4F3NO/c1-2-15-11(10(12)9-13-15)14-7-5-3-4-6-8-14;1-7-2(8)3(4,5)6/h9H,2-8,12H2,1H3;1H3,(H,7,8). The number of aryl methyl sites for hydroxylation is 1. The number of nitrogens with zero attached hydrogens (tertiary/aromatic N) is 3. The van der Waals surface area contributed by atoms with E-state index in [1.165, 1.54) is 31.0 Å². The second kappa shape index (κ2) is 8.64. The summed E-state index contributed by atoms with van der Waals surface area (Å²) >= 11 is 0. The number of anilines is 2. The van der Waals surface area contributed by atoms with Gasteiger partial charge in [0, 0.05) is 26.7 Å². The van der Waals surface area contributed by atoms with Crippen molar-refractivity contribution in [2.24, 2.45) is 0 Å². The molecule has 1 fully saturated rings. The number of aromatic nitrogens is 2. The molecule has 0 bridgehead atoms. The summed E-state index contributed by atoms with van der Waals surface area (Å²) in [6.07, 6.45) is 2.26. The third-order valence-electron chi connectivity index (χ3n) is 3.53. The van der Waals surface area contributed by atoms with Crippen LogP contribution in [0.5, 0.6) is 0 Å². The van der Waals surface area contributed by atoms with Crippen molar-refractivity contribution in [1.29, 1.82) is 0 Å². The van der Waals surface area contributed by atoms with Crippen LogP contribution >= 0.6 is 0 Å². The van der Waals surface area contributed by atoms with E-state index in [0.29, 0.717) is 0 Å². The number of nitrogens with two attached hydrogens (primary N) is 1. The molecule has 1 amide bonds. The van der Waals surface area contributed by atoms with Crippen molar-refractivity contribution in [3.8, 4) is 0 Å². The van der Waals surface area contributed by atoms with Gasteiger partial charge in [-0.3, -0.25) is 4.79 Å². The molecule has 0 saturated carbocycles. The zero-order valence-electron chi connectivity index (χ0n) is 13.5. The summed E-state index contributed by atoms with van der Waals surface area (Å²) in [6, 6.07) is 0. The second-order valence-electron chi connectivity index (χ2n) is 5.22. The van der Waals surface area contributed by atoms with Gasteiger partial charge in [0.05, 0.1) is 11.9 Å². The quantitative estimate of drug-likeness (QED) is 0.868. The van der Waals surface area contributed by atoms with Crippen LogP contribution in [0.3, 0.4) is 0 Å². The Balaban J connectivity index is 0.000000284. The van der Waals surface area contributed by atoms with Crippen molar-refractivity contribution < 1.29 is 18.0 Å². The van der Waals surface area contributed by atoms with Crippen LogP contribution in [-0.2, 0) is 11.3 Å². The molecule has 0 atom stereocenters. The van der Waals surface area contributed by atoms with Crippen LogP contribution in [0.2, 0.25) is 0 Å². The van der Waals surface area contributed by atoms with Crippen molar-refractivity contribution in [3.05, 3.63) is 6.20 Å². The summed E-state index contributed by atoms with van der Waals surface area (Å²) in [4.78, 5) is 12.0. The predicted octanol–water partition coefficient (Wildman–Crippen LogP) is 2.16. The summed E-state index contributed by atoms with van der Waals surface area (Å²) in [5, 5.41) is 5.73. The van der Waals surface area contributed by atoms with Crippen LogP contribution in [0.15, 0.2) is 6.20 Å². The number of hydrogen-bond acceptors (Lipinski definition) is 4. The zero-order valence-corrected chi connectivity index (χ0v) is 13.5. The Morgan fingerprint density at radius 2 is 1.87 bits per heavy atom. The van der Waals surface area contributed by atoms with E-state index in [1.54, 1.807) is 6.20 Å². The van der Waals surface area contributed by atoms with Crippen LogP contribution in [0.25, 0.3) is 0 Å². The van der Waals surface area contributed by atoms with Crippen molar-refractivity contribution in [2.45, 2.75) is 45.3 Å². The molecule has 2 rings (SSSR count). The van der Waals surface area contributed by atoms with Crippen LogP contribution in [-0.4, -0.2) is 42.0 Å². The minimum absolute atomic E-state index is 0.818. The van der Waals surface area contributed by atoms with Gasteiger partial charge >= 0.3 is 12.1 Å². The minimum Gasteiger partial charge on any atom is -0.394 e. The van der Waals surface area contributed by atoms with Gasteiger partial charge in [-0.1, -0.05) is 12.8 Å². The first-order valence-electron chi connectivity index (χ1n) is 7.66. The smallest absolute Gasteiger partial charge is 0.394 e. The highest BCUT2D eigenvalue weighted by Crippen LogP contribution is 2.25. The van der Waals surface area contributed by atoms with E-state index in [4.69, 9.17) is 5.73 Å². The number of nitrogens with one attached hydrogen (secondary N) is 1. The first-order valence-corrected chi connectivity index (χ1v) is 7.66. The lowest BCUT2D eigenvalue weighted by atomic mass is 10.2. The van der Waals surface area contributed by atoms with Crippen LogP contribution in [0, 0.1) is 0 Å². The van der Waals surface area contributed by atoms with Gasteiger partial charge < -0.3 is 16.0 Å². The molecule has 0 unspecified atom stereocenters. The fourth-order valence-electron chi connectivity index (χ4n) is 2.39. The van der Waals surface area contributed by atoms with Crippen molar-refractivity contribution in [2.75, 3.05) is 30.8 Å². The molecular formula is C14H24F3N5O. The number of halogens is 3. The normalized spacial score (nSPS) is 15.4. The maximum absolute atomic E-state index is 11.0. The molecular weight excluding hydrogens is 311 g/mol. The van der Waals surface area contributed by atoms with Gasteiger partial charge in [0.2, 0.25) is 0 Å². The summed E-state index contributed by atoms with van der Waals surface area (Å²) in [6.45, 7) is 5.24. The van der Waals surface area contributed by atoms with Crippen molar-refractivity contribution in [3.63, 3.8) is 0 Å². The molecule has 1 aliphatic heterocycles. The Bertz CT molecular complexity index is 493. The summed E-state index contributed by atoms with van der Waals surface area (Å²) in [5.41, 5.74) is 6.79. The average Bonchev–Trinajstić information content (AvgIpc) is 2.72. The molecule has 0 aromatic carbocycles. The Hall–Kier alpha value is -1.93. The lowest BCUT2D eigenvalue weighted by molar-refractivity contribution is -0.172. The summed E-state index contributed by atoms with van der Waals surface area (Å²) < 4.78 is 35.1. The fourth-order valence-corrected chi connectivity index (χ4v) is 2.39. The SMILES string of the molecule is CCn1ncc(N)c1N1CCCCCC1.CNC(=O)C(F)(F)F. The average molecular weight is 335 g/mol.